The molecule has 53 heavy (non-hydrogen) atoms. The van der Waals surface area contributed by atoms with Crippen LogP contribution in [0.25, 0.3) is 94.7 Å². The summed E-state index contributed by atoms with van der Waals surface area (Å²) >= 11 is 0. The van der Waals surface area contributed by atoms with Crippen molar-refractivity contribution in [2.75, 3.05) is 0 Å². The molecule has 5 aromatic carbocycles. The average Bonchev–Trinajstić information content (AvgIpc) is 3.64. The van der Waals surface area contributed by atoms with Gasteiger partial charge in [0.05, 0.1) is 27.8 Å². The highest BCUT2D eigenvalue weighted by Gasteiger charge is 2.20. The molecule has 0 fully saturated rings. The first-order valence-corrected chi connectivity index (χ1v) is 17.6. The van der Waals surface area contributed by atoms with Crippen LogP contribution in [-0.2, 0) is 6.42 Å². The molecule has 250 valence electrons. The third kappa shape index (κ3) is 5.19. The van der Waals surface area contributed by atoms with Crippen molar-refractivity contribution in [2.45, 2.75) is 13.3 Å². The number of pyridine rings is 3. The second kappa shape index (κ2) is 12.5. The van der Waals surface area contributed by atoms with E-state index in [4.69, 9.17) is 34.9 Å². The summed E-state index contributed by atoms with van der Waals surface area (Å²) in [6.07, 6.45) is 6.25. The van der Waals surface area contributed by atoms with Crippen LogP contribution >= 0.6 is 0 Å². The molecule has 0 aliphatic heterocycles. The maximum absolute atomic E-state index is 5.16. The molecule has 0 unspecified atom stereocenters. The Hall–Kier alpha value is -7.19. The largest absolute Gasteiger partial charge is 0.296 e. The van der Waals surface area contributed by atoms with Gasteiger partial charge in [0.25, 0.3) is 0 Å². The molecular weight excluding hydrogens is 653 g/mol. The smallest absolute Gasteiger partial charge is 0.164 e. The summed E-state index contributed by atoms with van der Waals surface area (Å²) in [6, 6.07) is 45.2. The summed E-state index contributed by atoms with van der Waals surface area (Å²) in [5, 5.41) is 4.28. The van der Waals surface area contributed by atoms with Gasteiger partial charge in [0, 0.05) is 69.1 Å². The van der Waals surface area contributed by atoms with Crippen molar-refractivity contribution in [3.63, 3.8) is 0 Å². The zero-order valence-electron chi connectivity index (χ0n) is 28.7. The van der Waals surface area contributed by atoms with Crippen molar-refractivity contribution < 1.29 is 0 Å². The van der Waals surface area contributed by atoms with Crippen molar-refractivity contribution in [2.24, 2.45) is 0 Å². The van der Waals surface area contributed by atoms with Crippen LogP contribution in [0, 0.1) is 0 Å². The van der Waals surface area contributed by atoms with E-state index < -0.39 is 0 Å². The summed E-state index contributed by atoms with van der Waals surface area (Å²) < 4.78 is 2.25. The Labute approximate surface area is 304 Å². The normalized spacial score (nSPS) is 11.6. The molecule has 0 aliphatic rings. The minimum Gasteiger partial charge on any atom is -0.296 e. The third-order valence-electron chi connectivity index (χ3n) is 9.75. The van der Waals surface area contributed by atoms with E-state index in [1.54, 1.807) is 0 Å². The fourth-order valence-corrected chi connectivity index (χ4v) is 7.23. The first kappa shape index (κ1) is 30.6. The van der Waals surface area contributed by atoms with Gasteiger partial charge in [-0.15, -0.1) is 0 Å². The first-order valence-electron chi connectivity index (χ1n) is 17.6. The van der Waals surface area contributed by atoms with E-state index in [0.717, 1.165) is 89.5 Å². The predicted molar refractivity (Wildman–Crippen MR) is 211 cm³/mol. The van der Waals surface area contributed by atoms with Gasteiger partial charge in [-0.3, -0.25) is 19.5 Å². The van der Waals surface area contributed by atoms with E-state index in [2.05, 4.69) is 84.3 Å². The number of fused-ring (bicyclic) bond motifs is 7. The van der Waals surface area contributed by atoms with E-state index in [-0.39, 0.29) is 0 Å². The molecule has 10 aromatic rings. The Balaban J connectivity index is 1.08. The SMILES string of the molecule is CCc1nc2c3cccnc3c3ncccc3c2n1-c1ccc(-c2nc(-c3ccccc3)nc(-c3ccc(-c4nccc5ccccc45)cc3)n2)cc1. The quantitative estimate of drug-likeness (QED) is 0.161. The Morgan fingerprint density at radius 1 is 0.434 bits per heavy atom. The van der Waals surface area contributed by atoms with E-state index >= 15 is 0 Å². The molecule has 8 heteroatoms. The van der Waals surface area contributed by atoms with Gasteiger partial charge in [-0.2, -0.15) is 0 Å². The number of hydrogen-bond donors (Lipinski definition) is 0. The molecule has 0 bridgehead atoms. The highest BCUT2D eigenvalue weighted by atomic mass is 15.1. The lowest BCUT2D eigenvalue weighted by atomic mass is 10.0. The Morgan fingerprint density at radius 3 is 1.70 bits per heavy atom. The lowest BCUT2D eigenvalue weighted by Crippen LogP contribution is -2.02. The van der Waals surface area contributed by atoms with Crippen LogP contribution in [-0.4, -0.2) is 39.5 Å². The van der Waals surface area contributed by atoms with Crippen LogP contribution in [0.2, 0.25) is 0 Å². The van der Waals surface area contributed by atoms with Crippen molar-refractivity contribution in [1.82, 2.24) is 39.5 Å². The topological polar surface area (TPSA) is 95.2 Å². The molecule has 8 nitrogen and oxygen atoms in total. The van der Waals surface area contributed by atoms with Crippen LogP contribution in [0.5, 0.6) is 0 Å². The highest BCUT2D eigenvalue weighted by molar-refractivity contribution is 6.21. The van der Waals surface area contributed by atoms with Crippen LogP contribution in [0.4, 0.5) is 0 Å². The van der Waals surface area contributed by atoms with Gasteiger partial charge in [0.2, 0.25) is 0 Å². The molecule has 5 aromatic heterocycles. The molecule has 0 N–H and O–H groups in total. The Morgan fingerprint density at radius 2 is 1.00 bits per heavy atom. The van der Waals surface area contributed by atoms with Gasteiger partial charge in [-0.25, -0.2) is 19.9 Å². The molecule has 0 amide bonds. The van der Waals surface area contributed by atoms with Gasteiger partial charge in [0.1, 0.15) is 5.82 Å². The summed E-state index contributed by atoms with van der Waals surface area (Å²) in [7, 11) is 0. The lowest BCUT2D eigenvalue weighted by Gasteiger charge is -2.12. The molecule has 0 saturated heterocycles. The summed E-state index contributed by atoms with van der Waals surface area (Å²) in [6.45, 7) is 2.13. The molecule has 5 heterocycles. The second-order valence-electron chi connectivity index (χ2n) is 12.9. The van der Waals surface area contributed by atoms with Gasteiger partial charge in [0.15, 0.2) is 17.5 Å². The Bertz CT molecular complexity index is 2970. The van der Waals surface area contributed by atoms with E-state index in [9.17, 15) is 0 Å². The number of benzene rings is 5. The fourth-order valence-electron chi connectivity index (χ4n) is 7.23. The lowest BCUT2D eigenvalue weighted by molar-refractivity contribution is 0.909. The number of aryl methyl sites for hydroxylation is 1. The number of imidazole rings is 1. The molecule has 0 saturated carbocycles. The minimum absolute atomic E-state index is 0.595. The Kier molecular flexibility index (Phi) is 7.25. The maximum Gasteiger partial charge on any atom is 0.164 e. The second-order valence-corrected chi connectivity index (χ2v) is 12.9. The molecule has 0 atom stereocenters. The maximum atomic E-state index is 5.16. The third-order valence-corrected chi connectivity index (χ3v) is 9.75. The molecule has 0 radical (unpaired) electrons. The number of nitrogens with zero attached hydrogens (tertiary/aromatic N) is 8. The molecule has 10 rings (SSSR count). The van der Waals surface area contributed by atoms with Crippen LogP contribution in [0.3, 0.4) is 0 Å². The fraction of sp³-hybridized carbons (Fsp3) is 0.0444. The predicted octanol–water partition coefficient (Wildman–Crippen LogP) is 10.1. The first-order chi connectivity index (χ1) is 26.2. The van der Waals surface area contributed by atoms with Crippen LogP contribution in [0.1, 0.15) is 12.7 Å². The van der Waals surface area contributed by atoms with Crippen LogP contribution < -0.4 is 0 Å². The molecule has 0 spiro atoms. The van der Waals surface area contributed by atoms with Crippen molar-refractivity contribution in [3.8, 4) is 51.1 Å². The van der Waals surface area contributed by atoms with Gasteiger partial charge < -0.3 is 0 Å². The molecule has 0 aliphatic carbocycles. The van der Waals surface area contributed by atoms with Crippen molar-refractivity contribution in [3.05, 3.63) is 158 Å². The number of rotatable bonds is 6. The van der Waals surface area contributed by atoms with Gasteiger partial charge in [-0.1, -0.05) is 85.8 Å². The summed E-state index contributed by atoms with van der Waals surface area (Å²) in [5.41, 5.74) is 9.34. The van der Waals surface area contributed by atoms with E-state index in [1.165, 1.54) is 0 Å². The monoisotopic (exact) mass is 682 g/mol. The highest BCUT2D eigenvalue weighted by Crippen LogP contribution is 2.36. The van der Waals surface area contributed by atoms with Gasteiger partial charge >= 0.3 is 0 Å². The number of hydrogen-bond acceptors (Lipinski definition) is 7. The van der Waals surface area contributed by atoms with Crippen LogP contribution in [0.15, 0.2) is 152 Å². The zero-order valence-corrected chi connectivity index (χ0v) is 28.7. The standard InChI is InChI=1S/C45H30N8/c1-2-37-49-41-35-14-8-25-46-39(35)40-36(15-9-26-47-40)42(41)53(37)33-22-20-32(21-23-33)45-51-43(30-11-4-3-5-12-30)50-44(52-45)31-18-16-29(17-19-31)38-34-13-7-6-10-28(34)24-27-48-38/h3-27H,2H2,1H3. The van der Waals surface area contributed by atoms with Gasteiger partial charge in [-0.05, 0) is 60.0 Å². The van der Waals surface area contributed by atoms with Crippen molar-refractivity contribution >= 4 is 43.6 Å². The average molecular weight is 683 g/mol. The summed E-state index contributed by atoms with van der Waals surface area (Å²) in [5.74, 6) is 2.77. The number of aromatic nitrogens is 8. The molecular formula is C45H30N8. The van der Waals surface area contributed by atoms with E-state index in [1.807, 2.05) is 79.3 Å². The summed E-state index contributed by atoms with van der Waals surface area (Å²) in [4.78, 5) is 34.3. The van der Waals surface area contributed by atoms with Crippen molar-refractivity contribution in [1.29, 1.82) is 0 Å². The zero-order chi connectivity index (χ0) is 35.3. The van der Waals surface area contributed by atoms with E-state index in [0.29, 0.717) is 17.5 Å². The minimum atomic E-state index is 0.595.